The van der Waals surface area contributed by atoms with Crippen molar-refractivity contribution in [3.8, 4) is 0 Å². The molecule has 0 saturated carbocycles. The van der Waals surface area contributed by atoms with Crippen LogP contribution in [0.2, 0.25) is 0 Å². The molecule has 2 rings (SSSR count). The molecule has 0 bridgehead atoms. The van der Waals surface area contributed by atoms with Crippen LogP contribution in [0.3, 0.4) is 0 Å². The third-order valence-corrected chi connectivity index (χ3v) is 3.71. The summed E-state index contributed by atoms with van der Waals surface area (Å²) in [5.74, 6) is -0.0206. The number of rotatable bonds is 1. The molecule has 1 amide bonds. The maximum absolute atomic E-state index is 11.9. The summed E-state index contributed by atoms with van der Waals surface area (Å²) in [5.41, 5.74) is 5.30. The quantitative estimate of drug-likeness (QED) is 0.671. The van der Waals surface area contributed by atoms with E-state index in [1.807, 2.05) is 0 Å². The Bertz CT molecular complexity index is 291. The van der Waals surface area contributed by atoms with Gasteiger partial charge >= 0.3 is 0 Å². The van der Waals surface area contributed by atoms with Gasteiger partial charge in [-0.2, -0.15) is 0 Å². The molecule has 2 aliphatic heterocycles. The van der Waals surface area contributed by atoms with E-state index in [1.165, 1.54) is 0 Å². The number of ether oxygens (including phenoxy) is 1. The molecule has 0 aromatic heterocycles. The Morgan fingerprint density at radius 1 is 1.65 bits per heavy atom. The molecule has 17 heavy (non-hydrogen) atoms. The summed E-state index contributed by atoms with van der Waals surface area (Å²) in [6, 6.07) is -0.460. The van der Waals surface area contributed by atoms with Crippen LogP contribution in [-0.4, -0.2) is 53.4 Å². The van der Waals surface area contributed by atoms with Gasteiger partial charge in [-0.1, -0.05) is 0 Å². The van der Waals surface area contributed by atoms with Crippen LogP contribution >= 0.6 is 0 Å². The maximum atomic E-state index is 11.9. The predicted octanol–water partition coefficient (Wildman–Crippen LogP) is -0.134. The molecule has 0 aliphatic carbocycles. The highest BCUT2D eigenvalue weighted by atomic mass is 16.5. The average molecular weight is 242 g/mol. The smallest absolute Gasteiger partial charge is 0.239 e. The zero-order valence-corrected chi connectivity index (χ0v) is 10.4. The molecular formula is C12H22N2O3. The van der Waals surface area contributed by atoms with Crippen LogP contribution in [0.5, 0.6) is 0 Å². The number of hydrogen-bond acceptors (Lipinski definition) is 4. The first-order chi connectivity index (χ1) is 8.02. The van der Waals surface area contributed by atoms with Crippen LogP contribution in [0.4, 0.5) is 0 Å². The molecule has 2 fully saturated rings. The van der Waals surface area contributed by atoms with E-state index in [-0.39, 0.29) is 17.6 Å². The molecule has 1 spiro atoms. The van der Waals surface area contributed by atoms with Crippen LogP contribution in [0.25, 0.3) is 0 Å². The van der Waals surface area contributed by atoms with Gasteiger partial charge in [0.1, 0.15) is 0 Å². The number of nitrogens with two attached hydrogens (primary N) is 1. The van der Waals surface area contributed by atoms with Gasteiger partial charge in [-0.05, 0) is 26.2 Å². The van der Waals surface area contributed by atoms with Gasteiger partial charge in [0.2, 0.25) is 5.91 Å². The first-order valence-corrected chi connectivity index (χ1v) is 6.39. The van der Waals surface area contributed by atoms with Gasteiger partial charge in [-0.3, -0.25) is 4.79 Å². The van der Waals surface area contributed by atoms with E-state index in [2.05, 4.69) is 0 Å². The van der Waals surface area contributed by atoms with E-state index in [0.29, 0.717) is 26.0 Å². The lowest BCUT2D eigenvalue weighted by molar-refractivity contribution is -0.161. The molecule has 5 heteroatoms. The molecule has 0 aromatic rings. The first-order valence-electron chi connectivity index (χ1n) is 6.39. The highest BCUT2D eigenvalue weighted by Gasteiger charge is 2.42. The number of piperidine rings is 1. The summed E-state index contributed by atoms with van der Waals surface area (Å²) < 4.78 is 5.84. The summed E-state index contributed by atoms with van der Waals surface area (Å²) in [6.07, 6.45) is 2.88. The fourth-order valence-corrected chi connectivity index (χ4v) is 2.86. The zero-order chi connectivity index (χ0) is 12.5. The molecular weight excluding hydrogens is 220 g/mol. The zero-order valence-electron chi connectivity index (χ0n) is 10.4. The highest BCUT2D eigenvalue weighted by Crippen LogP contribution is 2.33. The van der Waals surface area contributed by atoms with Crippen LogP contribution in [0.15, 0.2) is 0 Å². The van der Waals surface area contributed by atoms with Crippen molar-refractivity contribution < 1.29 is 14.6 Å². The van der Waals surface area contributed by atoms with Gasteiger partial charge in [0.05, 0.1) is 17.7 Å². The maximum Gasteiger partial charge on any atom is 0.239 e. The molecule has 3 atom stereocenters. The van der Waals surface area contributed by atoms with Crippen molar-refractivity contribution in [2.24, 2.45) is 5.73 Å². The minimum absolute atomic E-state index is 0.0206. The SMILES string of the molecule is C[C@H](N)C(=O)N1CCC[C@@]2(C[C@H](O)CCO2)C1. The number of aliphatic hydroxyl groups is 1. The second-order valence-electron chi connectivity index (χ2n) is 5.33. The first kappa shape index (κ1) is 12.8. The minimum atomic E-state index is -0.460. The van der Waals surface area contributed by atoms with Crippen LogP contribution in [0.1, 0.15) is 32.6 Å². The minimum Gasteiger partial charge on any atom is -0.393 e. The summed E-state index contributed by atoms with van der Waals surface area (Å²) >= 11 is 0. The molecule has 98 valence electrons. The number of nitrogens with zero attached hydrogens (tertiary/aromatic N) is 1. The monoisotopic (exact) mass is 242 g/mol. The van der Waals surface area contributed by atoms with E-state index in [1.54, 1.807) is 11.8 Å². The van der Waals surface area contributed by atoms with Crippen molar-refractivity contribution in [2.45, 2.75) is 50.4 Å². The number of amides is 1. The summed E-state index contributed by atoms with van der Waals surface area (Å²) in [4.78, 5) is 13.7. The van der Waals surface area contributed by atoms with Crippen molar-refractivity contribution in [1.82, 2.24) is 4.90 Å². The van der Waals surface area contributed by atoms with E-state index >= 15 is 0 Å². The molecule has 2 heterocycles. The van der Waals surface area contributed by atoms with E-state index in [0.717, 1.165) is 19.4 Å². The standard InChI is InChI=1S/C12H22N2O3/c1-9(13)11(16)14-5-2-4-12(8-14)7-10(15)3-6-17-12/h9-10,15H,2-8,13H2,1H3/t9-,10+,12+/m0/s1. The topological polar surface area (TPSA) is 75.8 Å². The molecule has 0 aromatic carbocycles. The van der Waals surface area contributed by atoms with Gasteiger partial charge in [-0.25, -0.2) is 0 Å². The van der Waals surface area contributed by atoms with Crippen molar-refractivity contribution >= 4 is 5.91 Å². The number of carbonyl (C=O) groups excluding carboxylic acids is 1. The second-order valence-corrected chi connectivity index (χ2v) is 5.33. The predicted molar refractivity (Wildman–Crippen MR) is 63.4 cm³/mol. The molecule has 2 saturated heterocycles. The van der Waals surface area contributed by atoms with Gasteiger partial charge in [0, 0.05) is 26.1 Å². The van der Waals surface area contributed by atoms with Crippen molar-refractivity contribution in [2.75, 3.05) is 19.7 Å². The lowest BCUT2D eigenvalue weighted by Gasteiger charge is -2.46. The van der Waals surface area contributed by atoms with Crippen molar-refractivity contribution in [1.29, 1.82) is 0 Å². The lowest BCUT2D eigenvalue weighted by atomic mass is 9.84. The number of likely N-dealkylation sites (tertiary alicyclic amines) is 1. The average Bonchev–Trinajstić information content (AvgIpc) is 2.27. The largest absolute Gasteiger partial charge is 0.393 e. The van der Waals surface area contributed by atoms with Crippen molar-refractivity contribution in [3.05, 3.63) is 0 Å². The Hall–Kier alpha value is -0.650. The third-order valence-electron chi connectivity index (χ3n) is 3.71. The molecule has 5 nitrogen and oxygen atoms in total. The summed E-state index contributed by atoms with van der Waals surface area (Å²) in [6.45, 7) is 3.62. The molecule has 3 N–H and O–H groups in total. The Kier molecular flexibility index (Phi) is 3.70. The van der Waals surface area contributed by atoms with E-state index in [9.17, 15) is 9.90 Å². The molecule has 2 aliphatic rings. The van der Waals surface area contributed by atoms with Crippen LogP contribution in [0, 0.1) is 0 Å². The van der Waals surface area contributed by atoms with Gasteiger partial charge < -0.3 is 20.5 Å². The third kappa shape index (κ3) is 2.78. The van der Waals surface area contributed by atoms with Gasteiger partial charge in [-0.15, -0.1) is 0 Å². The van der Waals surface area contributed by atoms with E-state index < -0.39 is 6.04 Å². The fraction of sp³-hybridized carbons (Fsp3) is 0.917. The Morgan fingerprint density at radius 2 is 2.41 bits per heavy atom. The Morgan fingerprint density at radius 3 is 3.06 bits per heavy atom. The highest BCUT2D eigenvalue weighted by molar-refractivity contribution is 5.81. The van der Waals surface area contributed by atoms with Crippen molar-refractivity contribution in [3.63, 3.8) is 0 Å². The van der Waals surface area contributed by atoms with Crippen LogP contribution in [-0.2, 0) is 9.53 Å². The Balaban J connectivity index is 2.03. The fourth-order valence-electron chi connectivity index (χ4n) is 2.86. The van der Waals surface area contributed by atoms with Gasteiger partial charge in [0.15, 0.2) is 0 Å². The lowest BCUT2D eigenvalue weighted by Crippen LogP contribution is -2.57. The van der Waals surface area contributed by atoms with Crippen LogP contribution < -0.4 is 5.73 Å². The molecule has 0 unspecified atom stereocenters. The van der Waals surface area contributed by atoms with Gasteiger partial charge in [0.25, 0.3) is 0 Å². The van der Waals surface area contributed by atoms with E-state index in [4.69, 9.17) is 10.5 Å². The number of hydrogen-bond donors (Lipinski definition) is 2. The summed E-state index contributed by atoms with van der Waals surface area (Å²) in [7, 11) is 0. The summed E-state index contributed by atoms with van der Waals surface area (Å²) in [5, 5.41) is 9.75. The number of aliphatic hydroxyl groups excluding tert-OH is 1. The second kappa shape index (κ2) is 4.92. The normalized spacial score (nSPS) is 35.9. The number of carbonyl (C=O) groups is 1. The Labute approximate surface area is 102 Å². The molecule has 0 radical (unpaired) electrons.